The monoisotopic (exact) mass is 283 g/mol. The summed E-state index contributed by atoms with van der Waals surface area (Å²) in [5, 5.41) is 20.0. The summed E-state index contributed by atoms with van der Waals surface area (Å²) >= 11 is 0. The Hall–Kier alpha value is -1.77. The number of halogens is 1. The molecule has 1 saturated heterocycles. The van der Waals surface area contributed by atoms with Crippen LogP contribution in [0.2, 0.25) is 0 Å². The van der Waals surface area contributed by atoms with Crippen molar-refractivity contribution in [2.24, 2.45) is 0 Å². The van der Waals surface area contributed by atoms with E-state index < -0.39 is 35.4 Å². The highest BCUT2D eigenvalue weighted by molar-refractivity contribution is 5.45. The number of nitrogens with two attached hydrogens (primary N) is 1. The van der Waals surface area contributed by atoms with Gasteiger partial charge < -0.3 is 20.7 Å². The molecule has 5 atom stereocenters. The Morgan fingerprint density at radius 2 is 2.35 bits per heavy atom. The molecule has 0 radical (unpaired) electrons. The third-order valence-electron chi connectivity index (χ3n) is 4.05. The van der Waals surface area contributed by atoms with Crippen LogP contribution in [-0.4, -0.2) is 43.2 Å². The van der Waals surface area contributed by atoms with Gasteiger partial charge in [-0.2, -0.15) is 4.98 Å². The predicted molar refractivity (Wildman–Crippen MR) is 66.4 cm³/mol. The fourth-order valence-electron chi connectivity index (χ4n) is 2.91. The van der Waals surface area contributed by atoms with Crippen LogP contribution in [0.3, 0.4) is 0 Å². The van der Waals surface area contributed by atoms with Gasteiger partial charge in [0.25, 0.3) is 0 Å². The maximum Gasteiger partial charge on any atom is 0.351 e. The van der Waals surface area contributed by atoms with Crippen molar-refractivity contribution >= 4 is 5.82 Å². The number of aliphatic hydroxyl groups excluding tert-OH is 1. The molecule has 2 fully saturated rings. The van der Waals surface area contributed by atoms with E-state index in [4.69, 9.17) is 10.5 Å². The van der Waals surface area contributed by atoms with E-state index in [-0.39, 0.29) is 11.4 Å². The maximum absolute atomic E-state index is 14.4. The molecule has 1 saturated carbocycles. The summed E-state index contributed by atoms with van der Waals surface area (Å²) in [5.41, 5.74) is 1.17. The van der Waals surface area contributed by atoms with Crippen LogP contribution in [0.1, 0.15) is 13.2 Å². The summed E-state index contributed by atoms with van der Waals surface area (Å²) in [7, 11) is 0. The molecule has 2 aliphatic rings. The van der Waals surface area contributed by atoms with E-state index in [1.54, 1.807) is 0 Å². The molecule has 0 bridgehead atoms. The molecule has 1 aliphatic heterocycles. The lowest BCUT2D eigenvalue weighted by Crippen LogP contribution is -2.38. The number of anilines is 1. The number of nitrogen functional groups attached to an aromatic ring is 1. The number of ether oxygens (including phenoxy) is 1. The van der Waals surface area contributed by atoms with Gasteiger partial charge in [0.15, 0.2) is 23.6 Å². The van der Waals surface area contributed by atoms with E-state index in [0.29, 0.717) is 0 Å². The SMILES string of the molecule is C=C(C)[C@]12O[C@@H](n3ccc(N)nc3=O)[C@H](F)[C@@]1(O)[C@@H]2O. The van der Waals surface area contributed by atoms with E-state index >= 15 is 0 Å². The summed E-state index contributed by atoms with van der Waals surface area (Å²) in [5.74, 6) is -0.00169. The number of hydrogen-bond donors (Lipinski definition) is 3. The average Bonchev–Trinajstić information content (AvgIpc) is 2.73. The maximum atomic E-state index is 14.4. The van der Waals surface area contributed by atoms with Crippen molar-refractivity contribution in [2.45, 2.75) is 36.6 Å². The van der Waals surface area contributed by atoms with Gasteiger partial charge in [0.2, 0.25) is 0 Å². The standard InChI is InChI=1S/C12H14FN3O4/c1-5(2)12-9(17)11(12,19)7(13)8(20-12)16-4-3-6(14)15-10(16)18/h3-4,7-9,17,19H,1H2,2H3,(H2,14,15,18)/t7-,8+,9-,11+,12+/m0/s1. The molecule has 108 valence electrons. The molecule has 2 heterocycles. The fraction of sp³-hybridized carbons (Fsp3) is 0.500. The second-order valence-corrected chi connectivity index (χ2v) is 5.20. The number of rotatable bonds is 2. The van der Waals surface area contributed by atoms with Crippen LogP contribution in [0, 0.1) is 0 Å². The Balaban J connectivity index is 2.04. The first-order chi connectivity index (χ1) is 9.26. The first-order valence-electron chi connectivity index (χ1n) is 5.99. The van der Waals surface area contributed by atoms with Gasteiger partial charge in [0, 0.05) is 6.20 Å². The van der Waals surface area contributed by atoms with Crippen molar-refractivity contribution in [3.8, 4) is 0 Å². The quantitative estimate of drug-likeness (QED) is 0.607. The summed E-state index contributed by atoms with van der Waals surface area (Å²) in [6, 6.07) is 1.31. The average molecular weight is 283 g/mol. The molecule has 0 amide bonds. The number of fused-ring (bicyclic) bond motifs is 1. The summed E-state index contributed by atoms with van der Waals surface area (Å²) in [4.78, 5) is 15.2. The molecule has 0 unspecified atom stereocenters. The smallest absolute Gasteiger partial charge is 0.351 e. The van der Waals surface area contributed by atoms with E-state index in [9.17, 15) is 19.4 Å². The highest BCUT2D eigenvalue weighted by Crippen LogP contribution is 2.66. The lowest BCUT2D eigenvalue weighted by atomic mass is 10.1. The molecule has 1 aliphatic carbocycles. The zero-order chi connectivity index (χ0) is 14.9. The van der Waals surface area contributed by atoms with Gasteiger partial charge in [0.1, 0.15) is 11.9 Å². The molecule has 8 heteroatoms. The van der Waals surface area contributed by atoms with Crippen LogP contribution in [0.5, 0.6) is 0 Å². The first-order valence-corrected chi connectivity index (χ1v) is 5.99. The van der Waals surface area contributed by atoms with Gasteiger partial charge in [-0.15, -0.1) is 0 Å². The summed E-state index contributed by atoms with van der Waals surface area (Å²) < 4.78 is 20.8. The van der Waals surface area contributed by atoms with E-state index in [1.807, 2.05) is 0 Å². The van der Waals surface area contributed by atoms with Gasteiger partial charge in [-0.25, -0.2) is 9.18 Å². The minimum atomic E-state index is -2.09. The Bertz CT molecular complexity index is 662. The number of aromatic nitrogens is 2. The van der Waals surface area contributed by atoms with E-state index in [0.717, 1.165) is 4.57 Å². The first kappa shape index (κ1) is 13.2. The number of hydrogen-bond acceptors (Lipinski definition) is 6. The minimum absolute atomic E-state index is 0.00169. The van der Waals surface area contributed by atoms with Crippen molar-refractivity contribution in [1.82, 2.24) is 9.55 Å². The van der Waals surface area contributed by atoms with Crippen molar-refractivity contribution in [2.75, 3.05) is 5.73 Å². The zero-order valence-corrected chi connectivity index (χ0v) is 10.7. The number of aliphatic hydroxyl groups is 2. The highest BCUT2D eigenvalue weighted by Gasteiger charge is 2.88. The molecule has 1 aromatic heterocycles. The van der Waals surface area contributed by atoms with Crippen molar-refractivity contribution < 1.29 is 19.3 Å². The second kappa shape index (κ2) is 3.66. The molecule has 20 heavy (non-hydrogen) atoms. The van der Waals surface area contributed by atoms with Crippen molar-refractivity contribution in [3.05, 3.63) is 34.9 Å². The summed E-state index contributed by atoms with van der Waals surface area (Å²) in [6.45, 7) is 5.12. The van der Waals surface area contributed by atoms with E-state index in [2.05, 4.69) is 11.6 Å². The largest absolute Gasteiger partial charge is 0.386 e. The van der Waals surface area contributed by atoms with Crippen LogP contribution >= 0.6 is 0 Å². The minimum Gasteiger partial charge on any atom is -0.386 e. The van der Waals surface area contributed by atoms with Crippen LogP contribution in [0.25, 0.3) is 0 Å². The van der Waals surface area contributed by atoms with Crippen LogP contribution < -0.4 is 11.4 Å². The Morgan fingerprint density at radius 1 is 1.70 bits per heavy atom. The third kappa shape index (κ3) is 1.23. The molecule has 1 aromatic rings. The lowest BCUT2D eigenvalue weighted by molar-refractivity contribution is -0.0827. The molecule has 0 spiro atoms. The topological polar surface area (TPSA) is 111 Å². The normalized spacial score (nSPS) is 42.3. The number of alkyl halides is 1. The fourth-order valence-corrected chi connectivity index (χ4v) is 2.91. The molecule has 3 rings (SSSR count). The Labute approximate surface area is 113 Å². The number of nitrogens with zero attached hydrogens (tertiary/aromatic N) is 2. The van der Waals surface area contributed by atoms with Gasteiger partial charge in [-0.1, -0.05) is 6.58 Å². The molecule has 0 aromatic carbocycles. The third-order valence-corrected chi connectivity index (χ3v) is 4.05. The van der Waals surface area contributed by atoms with Crippen LogP contribution in [-0.2, 0) is 4.74 Å². The summed E-state index contributed by atoms with van der Waals surface area (Å²) in [6.07, 6.45) is -3.55. The highest BCUT2D eigenvalue weighted by atomic mass is 19.1. The van der Waals surface area contributed by atoms with Crippen LogP contribution in [0.15, 0.2) is 29.2 Å². The van der Waals surface area contributed by atoms with E-state index in [1.165, 1.54) is 19.2 Å². The van der Waals surface area contributed by atoms with Crippen LogP contribution in [0.4, 0.5) is 10.2 Å². The second-order valence-electron chi connectivity index (χ2n) is 5.20. The van der Waals surface area contributed by atoms with Gasteiger partial charge >= 0.3 is 5.69 Å². The molecule has 7 nitrogen and oxygen atoms in total. The molecular formula is C12H14FN3O4. The zero-order valence-electron chi connectivity index (χ0n) is 10.7. The lowest BCUT2D eigenvalue weighted by Gasteiger charge is -2.22. The van der Waals surface area contributed by atoms with Crippen molar-refractivity contribution in [1.29, 1.82) is 0 Å². The Kier molecular flexibility index (Phi) is 2.42. The van der Waals surface area contributed by atoms with Gasteiger partial charge in [-0.05, 0) is 18.6 Å². The van der Waals surface area contributed by atoms with Crippen molar-refractivity contribution in [3.63, 3.8) is 0 Å². The van der Waals surface area contributed by atoms with Gasteiger partial charge in [0.05, 0.1) is 0 Å². The molecule has 4 N–H and O–H groups in total. The molecular weight excluding hydrogens is 269 g/mol. The predicted octanol–water partition coefficient (Wildman–Crippen LogP) is -0.887. The Morgan fingerprint density at radius 3 is 2.85 bits per heavy atom. The van der Waals surface area contributed by atoms with Gasteiger partial charge in [-0.3, -0.25) is 4.57 Å².